The topological polar surface area (TPSA) is 69.2 Å². The highest BCUT2D eigenvalue weighted by Gasteiger charge is 2.15. The molecule has 1 aromatic heterocycles. The zero-order valence-corrected chi connectivity index (χ0v) is 16.8. The van der Waals surface area contributed by atoms with Gasteiger partial charge < -0.3 is 10.0 Å². The number of rotatable bonds is 8. The normalized spacial score (nSPS) is 10.9. The third-order valence-corrected chi connectivity index (χ3v) is 4.92. The summed E-state index contributed by atoms with van der Waals surface area (Å²) >= 11 is 0. The summed E-state index contributed by atoms with van der Waals surface area (Å²) in [5.41, 5.74) is 3.76. The molecule has 2 aromatic carbocycles. The molecule has 1 heterocycles. The number of aromatic amines is 1. The number of phenols is 1. The zero-order chi connectivity index (χ0) is 20.8. The van der Waals surface area contributed by atoms with Crippen LogP contribution in [0.4, 0.5) is 4.39 Å². The quantitative estimate of drug-likeness (QED) is 0.543. The minimum Gasteiger partial charge on any atom is -0.507 e. The maximum atomic E-state index is 13.3. The number of benzene rings is 2. The van der Waals surface area contributed by atoms with Crippen LogP contribution in [-0.2, 0) is 6.42 Å². The van der Waals surface area contributed by atoms with Crippen LogP contribution < -0.4 is 0 Å². The average molecular weight is 395 g/mol. The maximum absolute atomic E-state index is 13.3. The van der Waals surface area contributed by atoms with E-state index < -0.39 is 0 Å². The van der Waals surface area contributed by atoms with E-state index in [1.165, 1.54) is 12.1 Å². The van der Waals surface area contributed by atoms with E-state index in [4.69, 9.17) is 0 Å². The number of hydrogen-bond acceptors (Lipinski definition) is 3. The summed E-state index contributed by atoms with van der Waals surface area (Å²) in [6, 6.07) is 13.4. The molecule has 0 fully saturated rings. The van der Waals surface area contributed by atoms with Crippen LogP contribution in [0.3, 0.4) is 0 Å². The SMILES string of the molecule is Cc1ccc(C(=O)N(C)CCCCCc2cc(-c3cccc(F)c3)n[nH]2)c(O)c1. The van der Waals surface area contributed by atoms with Crippen molar-refractivity contribution in [2.45, 2.75) is 32.6 Å². The molecular formula is C23H26FN3O2. The Bertz CT molecular complexity index is 984. The smallest absolute Gasteiger partial charge is 0.257 e. The van der Waals surface area contributed by atoms with Crippen LogP contribution in [0.25, 0.3) is 11.3 Å². The molecule has 0 aliphatic carbocycles. The van der Waals surface area contributed by atoms with Crippen LogP contribution in [0.2, 0.25) is 0 Å². The standard InChI is InChI=1S/C23H26FN3O2/c1-16-10-11-20(22(28)13-16)23(29)27(2)12-5-3-4-9-19-15-21(26-25-19)17-7-6-8-18(24)14-17/h6-8,10-11,13-15,28H,3-5,9,12H2,1-2H3,(H,25,26). The van der Waals surface area contributed by atoms with E-state index in [1.807, 2.05) is 25.1 Å². The number of unbranched alkanes of at least 4 members (excludes halogenated alkanes) is 2. The Balaban J connectivity index is 1.42. The van der Waals surface area contributed by atoms with Crippen molar-refractivity contribution in [3.63, 3.8) is 0 Å². The van der Waals surface area contributed by atoms with Gasteiger partial charge in [-0.1, -0.05) is 24.6 Å². The Morgan fingerprint density at radius 3 is 2.72 bits per heavy atom. The predicted molar refractivity (Wildman–Crippen MR) is 111 cm³/mol. The van der Waals surface area contributed by atoms with E-state index in [2.05, 4.69) is 10.2 Å². The highest BCUT2D eigenvalue weighted by molar-refractivity contribution is 5.96. The number of carbonyl (C=O) groups excluding carboxylic acids is 1. The largest absolute Gasteiger partial charge is 0.507 e. The number of carbonyl (C=O) groups is 1. The summed E-state index contributed by atoms with van der Waals surface area (Å²) < 4.78 is 13.3. The van der Waals surface area contributed by atoms with Crippen molar-refractivity contribution in [2.75, 3.05) is 13.6 Å². The summed E-state index contributed by atoms with van der Waals surface area (Å²) in [7, 11) is 1.75. The van der Waals surface area contributed by atoms with Gasteiger partial charge in [0.2, 0.25) is 0 Å². The van der Waals surface area contributed by atoms with Crippen LogP contribution >= 0.6 is 0 Å². The van der Waals surface area contributed by atoms with E-state index in [-0.39, 0.29) is 17.5 Å². The molecule has 0 bridgehead atoms. The number of aromatic nitrogens is 2. The zero-order valence-electron chi connectivity index (χ0n) is 16.8. The Morgan fingerprint density at radius 2 is 1.97 bits per heavy atom. The molecular weight excluding hydrogens is 369 g/mol. The lowest BCUT2D eigenvalue weighted by atomic mass is 10.1. The molecule has 29 heavy (non-hydrogen) atoms. The predicted octanol–water partition coefficient (Wildman–Crippen LogP) is 4.71. The first-order valence-electron chi connectivity index (χ1n) is 9.79. The first-order valence-corrected chi connectivity index (χ1v) is 9.79. The second kappa shape index (κ2) is 9.37. The lowest BCUT2D eigenvalue weighted by Crippen LogP contribution is -2.27. The van der Waals surface area contributed by atoms with E-state index in [0.717, 1.165) is 48.2 Å². The van der Waals surface area contributed by atoms with Gasteiger partial charge in [0.1, 0.15) is 11.6 Å². The molecule has 0 saturated carbocycles. The number of hydrogen-bond donors (Lipinski definition) is 2. The average Bonchev–Trinajstić information content (AvgIpc) is 3.16. The minimum absolute atomic E-state index is 0.0233. The van der Waals surface area contributed by atoms with Crippen LogP contribution in [0.15, 0.2) is 48.5 Å². The number of aryl methyl sites for hydroxylation is 2. The maximum Gasteiger partial charge on any atom is 0.257 e. The van der Waals surface area contributed by atoms with Crippen LogP contribution in [-0.4, -0.2) is 39.7 Å². The van der Waals surface area contributed by atoms with Gasteiger partial charge in [0.25, 0.3) is 5.91 Å². The Hall–Kier alpha value is -3.15. The monoisotopic (exact) mass is 395 g/mol. The van der Waals surface area contributed by atoms with Gasteiger partial charge in [-0.3, -0.25) is 9.89 Å². The van der Waals surface area contributed by atoms with Gasteiger partial charge >= 0.3 is 0 Å². The number of nitrogens with one attached hydrogen (secondary N) is 1. The highest BCUT2D eigenvalue weighted by atomic mass is 19.1. The summed E-state index contributed by atoms with van der Waals surface area (Å²) in [5, 5.41) is 17.2. The molecule has 0 unspecified atom stereocenters. The molecule has 0 aliphatic heterocycles. The van der Waals surface area contributed by atoms with E-state index in [0.29, 0.717) is 12.1 Å². The summed E-state index contributed by atoms with van der Waals surface area (Å²) in [5.74, 6) is -0.421. The second-order valence-electron chi connectivity index (χ2n) is 7.35. The van der Waals surface area contributed by atoms with Crippen molar-refractivity contribution in [3.8, 4) is 17.0 Å². The summed E-state index contributed by atoms with van der Waals surface area (Å²) in [6.45, 7) is 2.50. The lowest BCUT2D eigenvalue weighted by Gasteiger charge is -2.18. The molecule has 152 valence electrons. The van der Waals surface area contributed by atoms with Gasteiger partial charge in [-0.2, -0.15) is 5.10 Å². The van der Waals surface area contributed by atoms with Crippen molar-refractivity contribution in [1.29, 1.82) is 0 Å². The van der Waals surface area contributed by atoms with Crippen molar-refractivity contribution >= 4 is 5.91 Å². The van der Waals surface area contributed by atoms with Crippen molar-refractivity contribution in [2.24, 2.45) is 0 Å². The van der Waals surface area contributed by atoms with Crippen molar-refractivity contribution in [1.82, 2.24) is 15.1 Å². The van der Waals surface area contributed by atoms with Crippen LogP contribution in [0.1, 0.15) is 40.9 Å². The lowest BCUT2D eigenvalue weighted by molar-refractivity contribution is 0.0789. The number of amides is 1. The second-order valence-corrected chi connectivity index (χ2v) is 7.35. The van der Waals surface area contributed by atoms with Gasteiger partial charge in [0.05, 0.1) is 11.3 Å². The molecule has 3 aromatic rings. The molecule has 0 radical (unpaired) electrons. The van der Waals surface area contributed by atoms with Gasteiger partial charge in [-0.05, 0) is 62.1 Å². The number of halogens is 1. The number of aromatic hydroxyl groups is 1. The van der Waals surface area contributed by atoms with Crippen molar-refractivity contribution < 1.29 is 14.3 Å². The highest BCUT2D eigenvalue weighted by Crippen LogP contribution is 2.21. The van der Waals surface area contributed by atoms with Gasteiger partial charge in [0, 0.05) is 24.8 Å². The summed E-state index contributed by atoms with van der Waals surface area (Å²) in [4.78, 5) is 14.1. The van der Waals surface area contributed by atoms with Gasteiger partial charge in [-0.15, -0.1) is 0 Å². The molecule has 0 atom stereocenters. The fourth-order valence-electron chi connectivity index (χ4n) is 3.26. The molecule has 2 N–H and O–H groups in total. The molecule has 3 rings (SSSR count). The Kier molecular flexibility index (Phi) is 6.65. The van der Waals surface area contributed by atoms with Crippen molar-refractivity contribution in [3.05, 3.63) is 71.2 Å². The van der Waals surface area contributed by atoms with Gasteiger partial charge in [0.15, 0.2) is 0 Å². The Labute approximate surface area is 170 Å². The molecule has 0 aliphatic rings. The molecule has 1 amide bonds. The van der Waals surface area contributed by atoms with E-state index in [1.54, 1.807) is 30.1 Å². The summed E-state index contributed by atoms with van der Waals surface area (Å²) in [6.07, 6.45) is 3.65. The molecule has 0 spiro atoms. The number of nitrogens with zero attached hydrogens (tertiary/aromatic N) is 2. The first kappa shape index (κ1) is 20.6. The Morgan fingerprint density at radius 1 is 1.14 bits per heavy atom. The van der Waals surface area contributed by atoms with Crippen LogP contribution in [0.5, 0.6) is 5.75 Å². The molecule has 6 heteroatoms. The van der Waals surface area contributed by atoms with E-state index >= 15 is 0 Å². The van der Waals surface area contributed by atoms with Gasteiger partial charge in [-0.25, -0.2) is 4.39 Å². The minimum atomic E-state index is -0.273. The number of H-pyrrole nitrogens is 1. The van der Waals surface area contributed by atoms with Crippen LogP contribution in [0, 0.1) is 12.7 Å². The fourth-order valence-corrected chi connectivity index (χ4v) is 3.26. The third kappa shape index (κ3) is 5.44. The third-order valence-electron chi connectivity index (χ3n) is 4.92. The fraction of sp³-hybridized carbons (Fsp3) is 0.304. The molecule has 0 saturated heterocycles. The first-order chi connectivity index (χ1) is 13.9. The van der Waals surface area contributed by atoms with E-state index in [9.17, 15) is 14.3 Å². The molecule has 5 nitrogen and oxygen atoms in total. The number of phenolic OH excluding ortho intramolecular Hbond substituents is 1.